The van der Waals surface area contributed by atoms with Gasteiger partial charge >= 0.3 is 5.97 Å². The Morgan fingerprint density at radius 3 is 3.05 bits per heavy atom. The van der Waals surface area contributed by atoms with E-state index >= 15 is 0 Å². The third kappa shape index (κ3) is 2.23. The molecule has 1 amide bonds. The summed E-state index contributed by atoms with van der Waals surface area (Å²) in [4.78, 5) is 30.2. The van der Waals surface area contributed by atoms with Gasteiger partial charge in [-0.2, -0.15) is 0 Å². The lowest BCUT2D eigenvalue weighted by Gasteiger charge is -2.15. The van der Waals surface area contributed by atoms with Crippen molar-refractivity contribution in [3.63, 3.8) is 0 Å². The van der Waals surface area contributed by atoms with Crippen molar-refractivity contribution in [2.75, 3.05) is 13.2 Å². The van der Waals surface area contributed by atoms with E-state index in [4.69, 9.17) is 9.84 Å². The van der Waals surface area contributed by atoms with E-state index in [-0.39, 0.29) is 19.1 Å². The quantitative estimate of drug-likeness (QED) is 0.751. The number of carbonyl (C=O) groups excluding carboxylic acids is 1. The summed E-state index contributed by atoms with van der Waals surface area (Å²) in [5, 5.41) is 11.7. The number of fused-ring (bicyclic) bond motifs is 1. The Morgan fingerprint density at radius 2 is 2.25 bits per heavy atom. The van der Waals surface area contributed by atoms with Crippen molar-refractivity contribution in [2.45, 2.75) is 6.04 Å². The van der Waals surface area contributed by atoms with Crippen LogP contribution in [-0.4, -0.2) is 46.2 Å². The standard InChI is InChI=1S/C13H13N3O4/c17-12(16-11-5-20-4-8(11)13(18)19)7-1-2-9-10(3-7)15-6-14-9/h1-3,6,8,11H,4-5H2,(H,14,15)(H,16,17)(H,18,19). The topological polar surface area (TPSA) is 104 Å². The summed E-state index contributed by atoms with van der Waals surface area (Å²) >= 11 is 0. The van der Waals surface area contributed by atoms with Gasteiger partial charge in [0.1, 0.15) is 5.92 Å². The highest BCUT2D eigenvalue weighted by Gasteiger charge is 2.35. The van der Waals surface area contributed by atoms with Crippen LogP contribution in [0, 0.1) is 5.92 Å². The number of imidazole rings is 1. The van der Waals surface area contributed by atoms with E-state index in [0.717, 1.165) is 11.0 Å². The molecule has 0 spiro atoms. The number of ether oxygens (including phenoxy) is 1. The molecule has 1 aliphatic heterocycles. The van der Waals surface area contributed by atoms with Gasteiger partial charge < -0.3 is 20.1 Å². The van der Waals surface area contributed by atoms with Crippen molar-refractivity contribution in [3.8, 4) is 0 Å². The zero-order chi connectivity index (χ0) is 14.1. The minimum absolute atomic E-state index is 0.125. The fourth-order valence-corrected chi connectivity index (χ4v) is 2.27. The molecule has 1 aromatic heterocycles. The van der Waals surface area contributed by atoms with Crippen LogP contribution in [0.25, 0.3) is 11.0 Å². The van der Waals surface area contributed by atoms with Crippen molar-refractivity contribution >= 4 is 22.9 Å². The lowest BCUT2D eigenvalue weighted by atomic mass is 10.0. The van der Waals surface area contributed by atoms with Crippen LogP contribution in [0.5, 0.6) is 0 Å². The van der Waals surface area contributed by atoms with Crippen LogP contribution in [0.2, 0.25) is 0 Å². The first-order valence-corrected chi connectivity index (χ1v) is 6.19. The molecule has 2 unspecified atom stereocenters. The van der Waals surface area contributed by atoms with Gasteiger partial charge in [0.25, 0.3) is 5.91 Å². The Morgan fingerprint density at radius 1 is 1.40 bits per heavy atom. The van der Waals surface area contributed by atoms with Crippen molar-refractivity contribution in [3.05, 3.63) is 30.1 Å². The normalized spacial score (nSPS) is 22.0. The second kappa shape index (κ2) is 4.93. The SMILES string of the molecule is O=C(NC1COCC1C(=O)O)c1ccc2nc[nH]c2c1. The van der Waals surface area contributed by atoms with Crippen molar-refractivity contribution < 1.29 is 19.4 Å². The predicted molar refractivity (Wildman–Crippen MR) is 69.3 cm³/mol. The molecule has 104 valence electrons. The first kappa shape index (κ1) is 12.6. The Kier molecular flexibility index (Phi) is 3.11. The van der Waals surface area contributed by atoms with Gasteiger partial charge in [-0.05, 0) is 18.2 Å². The van der Waals surface area contributed by atoms with Crippen LogP contribution in [0.1, 0.15) is 10.4 Å². The van der Waals surface area contributed by atoms with Gasteiger partial charge in [0, 0.05) is 5.56 Å². The molecular formula is C13H13N3O4. The average molecular weight is 275 g/mol. The summed E-state index contributed by atoms with van der Waals surface area (Å²) < 4.78 is 5.11. The highest BCUT2D eigenvalue weighted by Crippen LogP contribution is 2.16. The molecule has 2 heterocycles. The minimum Gasteiger partial charge on any atom is -0.481 e. The molecule has 0 bridgehead atoms. The van der Waals surface area contributed by atoms with Crippen LogP contribution < -0.4 is 5.32 Å². The zero-order valence-corrected chi connectivity index (χ0v) is 10.5. The fourth-order valence-electron chi connectivity index (χ4n) is 2.27. The number of carbonyl (C=O) groups is 2. The maximum absolute atomic E-state index is 12.1. The fraction of sp³-hybridized carbons (Fsp3) is 0.308. The Bertz CT molecular complexity index is 666. The molecule has 0 aliphatic carbocycles. The number of H-pyrrole nitrogens is 1. The van der Waals surface area contributed by atoms with Gasteiger partial charge in [-0.1, -0.05) is 0 Å². The van der Waals surface area contributed by atoms with Crippen LogP contribution in [0.4, 0.5) is 0 Å². The summed E-state index contributed by atoms with van der Waals surface area (Å²) in [6, 6.07) is 4.57. The number of aromatic amines is 1. The molecule has 1 aliphatic rings. The molecule has 1 fully saturated rings. The lowest BCUT2D eigenvalue weighted by molar-refractivity contribution is -0.142. The van der Waals surface area contributed by atoms with Gasteiger partial charge in [0.05, 0.1) is 36.6 Å². The van der Waals surface area contributed by atoms with Gasteiger partial charge in [0.15, 0.2) is 0 Å². The number of hydrogen-bond acceptors (Lipinski definition) is 4. The summed E-state index contributed by atoms with van der Waals surface area (Å²) in [7, 11) is 0. The molecule has 0 saturated carbocycles. The molecule has 3 rings (SSSR count). The van der Waals surface area contributed by atoms with E-state index in [2.05, 4.69) is 15.3 Å². The van der Waals surface area contributed by atoms with E-state index in [0.29, 0.717) is 5.56 Å². The minimum atomic E-state index is -0.961. The number of nitrogens with zero attached hydrogens (tertiary/aromatic N) is 1. The van der Waals surface area contributed by atoms with E-state index in [9.17, 15) is 9.59 Å². The van der Waals surface area contributed by atoms with Crippen molar-refractivity contribution in [2.24, 2.45) is 5.92 Å². The van der Waals surface area contributed by atoms with E-state index in [1.165, 1.54) is 0 Å². The van der Waals surface area contributed by atoms with Crippen LogP contribution in [-0.2, 0) is 9.53 Å². The van der Waals surface area contributed by atoms with E-state index < -0.39 is 17.9 Å². The van der Waals surface area contributed by atoms with Gasteiger partial charge in [0.2, 0.25) is 0 Å². The maximum atomic E-state index is 12.1. The van der Waals surface area contributed by atoms with Gasteiger partial charge in [-0.3, -0.25) is 9.59 Å². The van der Waals surface area contributed by atoms with Crippen LogP contribution in [0.15, 0.2) is 24.5 Å². The molecule has 0 radical (unpaired) electrons. The number of carboxylic acids is 1. The smallest absolute Gasteiger partial charge is 0.311 e. The highest BCUT2D eigenvalue weighted by molar-refractivity contribution is 5.97. The number of rotatable bonds is 3. The van der Waals surface area contributed by atoms with Crippen LogP contribution >= 0.6 is 0 Å². The zero-order valence-electron chi connectivity index (χ0n) is 10.5. The summed E-state index contributed by atoms with van der Waals surface area (Å²) in [5.41, 5.74) is 1.99. The third-order valence-electron chi connectivity index (χ3n) is 3.40. The summed E-state index contributed by atoms with van der Waals surface area (Å²) in [6.45, 7) is 0.342. The average Bonchev–Trinajstić information content (AvgIpc) is 3.05. The number of aromatic nitrogens is 2. The van der Waals surface area contributed by atoms with Gasteiger partial charge in [-0.15, -0.1) is 0 Å². The number of carboxylic acid groups (broad SMARTS) is 1. The molecule has 3 N–H and O–H groups in total. The molecule has 7 heteroatoms. The maximum Gasteiger partial charge on any atom is 0.311 e. The number of nitrogens with one attached hydrogen (secondary N) is 2. The lowest BCUT2D eigenvalue weighted by Crippen LogP contribution is -2.42. The summed E-state index contributed by atoms with van der Waals surface area (Å²) in [5.74, 6) is -1.98. The Labute approximate surface area is 114 Å². The van der Waals surface area contributed by atoms with E-state index in [1.807, 2.05) is 0 Å². The van der Waals surface area contributed by atoms with Gasteiger partial charge in [-0.25, -0.2) is 4.98 Å². The van der Waals surface area contributed by atoms with E-state index in [1.54, 1.807) is 24.5 Å². The monoisotopic (exact) mass is 275 g/mol. The van der Waals surface area contributed by atoms with Crippen molar-refractivity contribution in [1.29, 1.82) is 0 Å². The first-order chi connectivity index (χ1) is 9.65. The van der Waals surface area contributed by atoms with Crippen LogP contribution in [0.3, 0.4) is 0 Å². The molecule has 20 heavy (non-hydrogen) atoms. The summed E-state index contributed by atoms with van der Waals surface area (Å²) in [6.07, 6.45) is 1.55. The number of amides is 1. The molecule has 1 saturated heterocycles. The Hall–Kier alpha value is -2.41. The molecule has 1 aromatic carbocycles. The largest absolute Gasteiger partial charge is 0.481 e. The number of hydrogen-bond donors (Lipinski definition) is 3. The molecular weight excluding hydrogens is 262 g/mol. The highest BCUT2D eigenvalue weighted by atomic mass is 16.5. The first-order valence-electron chi connectivity index (χ1n) is 6.19. The number of benzene rings is 1. The van der Waals surface area contributed by atoms with Crippen molar-refractivity contribution in [1.82, 2.24) is 15.3 Å². The predicted octanol–water partition coefficient (Wildman–Crippen LogP) is 0.392. The second-order valence-corrected chi connectivity index (χ2v) is 4.70. The third-order valence-corrected chi connectivity index (χ3v) is 3.40. The second-order valence-electron chi connectivity index (χ2n) is 4.70. The molecule has 2 atom stereocenters. The Balaban J connectivity index is 1.77. The molecule has 7 nitrogen and oxygen atoms in total. The number of aliphatic carboxylic acids is 1. The molecule has 2 aromatic rings.